The molecule has 0 aliphatic heterocycles. The number of phosphoric ester groups is 1. The summed E-state index contributed by atoms with van der Waals surface area (Å²) in [5.41, 5.74) is -2.73. The maximum absolute atomic E-state index is 13.6. The lowest BCUT2D eigenvalue weighted by molar-refractivity contribution is -0.870. The molecule has 0 heterocycles. The summed E-state index contributed by atoms with van der Waals surface area (Å²) in [6.07, 6.45) is 23.7. The van der Waals surface area contributed by atoms with Gasteiger partial charge in [0.25, 0.3) is 7.82 Å². The Labute approximate surface area is 281 Å². The number of likely N-dealkylation sites (N-methyl/N-ethyl adjacent to an activating group) is 1. The van der Waals surface area contributed by atoms with E-state index in [0.717, 1.165) is 64.2 Å². The van der Waals surface area contributed by atoms with Crippen molar-refractivity contribution in [2.45, 2.75) is 154 Å². The highest BCUT2D eigenvalue weighted by Crippen LogP contribution is 2.46. The van der Waals surface area contributed by atoms with Gasteiger partial charge >= 0.3 is 0 Å². The zero-order valence-electron chi connectivity index (χ0n) is 29.9. The van der Waals surface area contributed by atoms with Gasteiger partial charge in [-0.25, -0.2) is 0 Å². The van der Waals surface area contributed by atoms with Crippen molar-refractivity contribution in [1.29, 1.82) is 0 Å². The van der Waals surface area contributed by atoms with Gasteiger partial charge < -0.3 is 24.1 Å². The Bertz CT molecular complexity index is 855. The standard InChI is InChI=1S/C36H68NO8P/c1-6-8-10-12-14-16-18-20-22-24-26-28-33(39)36(35(41)32-38,45-46(42,43)44-31-30-37(3,4)5)34(40)29-27-25-23-21-19-17-15-13-11-9-7-2/h12-15,35,38,41H,6-11,16-32H2,1-5H3/b14-12-,15-13-/t35-/m0/s1. The molecule has 0 aromatic heterocycles. The van der Waals surface area contributed by atoms with Crippen LogP contribution < -0.4 is 4.89 Å². The van der Waals surface area contributed by atoms with Crippen LogP contribution in [-0.4, -0.2) is 78.9 Å². The number of aliphatic hydroxyl groups excluding tert-OH is 2. The van der Waals surface area contributed by atoms with Crippen LogP contribution in [0.3, 0.4) is 0 Å². The summed E-state index contributed by atoms with van der Waals surface area (Å²) >= 11 is 0. The van der Waals surface area contributed by atoms with Gasteiger partial charge in [0.15, 0.2) is 11.6 Å². The lowest BCUT2D eigenvalue weighted by Crippen LogP contribution is -2.59. The van der Waals surface area contributed by atoms with E-state index in [1.807, 2.05) is 21.1 Å². The third-order valence-electron chi connectivity index (χ3n) is 8.07. The summed E-state index contributed by atoms with van der Waals surface area (Å²) in [5, 5.41) is 20.7. The first-order valence-corrected chi connectivity index (χ1v) is 19.4. The van der Waals surface area contributed by atoms with Crippen molar-refractivity contribution in [2.75, 3.05) is 40.9 Å². The number of phosphoric acid groups is 1. The number of ketones is 2. The fraction of sp³-hybridized carbons (Fsp3) is 0.833. The maximum Gasteiger partial charge on any atom is 0.269 e. The highest BCUT2D eigenvalue weighted by atomic mass is 31.2. The van der Waals surface area contributed by atoms with E-state index >= 15 is 0 Å². The van der Waals surface area contributed by atoms with Gasteiger partial charge in [0.05, 0.1) is 27.7 Å². The van der Waals surface area contributed by atoms with E-state index in [1.54, 1.807) is 0 Å². The molecule has 0 fully saturated rings. The van der Waals surface area contributed by atoms with Gasteiger partial charge in [-0.15, -0.1) is 0 Å². The SMILES string of the molecule is CCCC/C=C\CCCCCCCC(=O)C(OP(=O)([O-])OCC[N+](C)(C)C)(C(=O)CCCCCCC/C=C\CCCC)[C@@H](O)CO. The molecule has 0 aromatic carbocycles. The molecule has 0 radical (unpaired) electrons. The van der Waals surface area contributed by atoms with E-state index in [2.05, 4.69) is 38.2 Å². The number of quaternary nitrogens is 1. The third kappa shape index (κ3) is 21.6. The number of Topliss-reactive ketones (excluding diaryl/α,β-unsaturated/α-hetero) is 2. The summed E-state index contributed by atoms with van der Waals surface area (Å²) in [6, 6.07) is 0. The number of nitrogens with zero attached hydrogens (tertiary/aromatic N) is 1. The fourth-order valence-corrected chi connectivity index (χ4v) is 6.13. The van der Waals surface area contributed by atoms with Crippen LogP contribution in [0.15, 0.2) is 24.3 Å². The van der Waals surface area contributed by atoms with E-state index < -0.39 is 37.7 Å². The molecule has 0 spiro atoms. The molecule has 0 bridgehead atoms. The lowest BCUT2D eigenvalue weighted by atomic mass is 9.82. The quantitative estimate of drug-likeness (QED) is 0.0249. The zero-order chi connectivity index (χ0) is 34.7. The fourth-order valence-electron chi connectivity index (χ4n) is 5.09. The van der Waals surface area contributed by atoms with Crippen molar-refractivity contribution in [1.82, 2.24) is 0 Å². The molecule has 0 aromatic rings. The normalized spacial score (nSPS) is 14.7. The average Bonchev–Trinajstić information content (AvgIpc) is 2.99. The first-order chi connectivity index (χ1) is 21.9. The minimum Gasteiger partial charge on any atom is -0.756 e. The highest BCUT2D eigenvalue weighted by molar-refractivity contribution is 7.46. The third-order valence-corrected chi connectivity index (χ3v) is 9.08. The van der Waals surface area contributed by atoms with Crippen LogP contribution in [0.4, 0.5) is 0 Å². The Balaban J connectivity index is 5.31. The monoisotopic (exact) mass is 673 g/mol. The molecule has 2 atom stereocenters. The predicted molar refractivity (Wildman–Crippen MR) is 185 cm³/mol. The lowest BCUT2D eigenvalue weighted by Gasteiger charge is -2.39. The van der Waals surface area contributed by atoms with E-state index in [9.17, 15) is 29.3 Å². The molecule has 10 heteroatoms. The first-order valence-electron chi connectivity index (χ1n) is 18.0. The van der Waals surface area contributed by atoms with Gasteiger partial charge in [0, 0.05) is 12.8 Å². The summed E-state index contributed by atoms with van der Waals surface area (Å²) < 4.78 is 23.7. The molecule has 1 unspecified atom stereocenters. The van der Waals surface area contributed by atoms with E-state index in [-0.39, 0.29) is 19.4 Å². The number of carbonyl (C=O) groups is 2. The van der Waals surface area contributed by atoms with Crippen molar-refractivity contribution in [2.24, 2.45) is 0 Å². The topological polar surface area (TPSA) is 133 Å². The Morgan fingerprint density at radius 3 is 1.52 bits per heavy atom. The van der Waals surface area contributed by atoms with Crippen LogP contribution >= 0.6 is 7.82 Å². The van der Waals surface area contributed by atoms with Gasteiger partial charge in [-0.2, -0.15) is 0 Å². The van der Waals surface area contributed by atoms with E-state index in [4.69, 9.17) is 9.05 Å². The zero-order valence-corrected chi connectivity index (χ0v) is 30.8. The molecule has 0 rings (SSSR count). The molecular formula is C36H68NO8P. The van der Waals surface area contributed by atoms with Gasteiger partial charge in [0.1, 0.15) is 19.3 Å². The molecule has 9 nitrogen and oxygen atoms in total. The van der Waals surface area contributed by atoms with Gasteiger partial charge in [-0.05, 0) is 51.4 Å². The minimum absolute atomic E-state index is 0.148. The van der Waals surface area contributed by atoms with Crippen molar-refractivity contribution in [3.63, 3.8) is 0 Å². The second-order valence-electron chi connectivity index (χ2n) is 13.5. The van der Waals surface area contributed by atoms with Gasteiger partial charge in [0.2, 0.25) is 5.60 Å². The molecule has 0 saturated heterocycles. The van der Waals surface area contributed by atoms with Crippen LogP contribution in [-0.2, 0) is 23.2 Å². The van der Waals surface area contributed by atoms with Crippen molar-refractivity contribution in [3.8, 4) is 0 Å². The van der Waals surface area contributed by atoms with Crippen molar-refractivity contribution in [3.05, 3.63) is 24.3 Å². The molecule has 270 valence electrons. The molecule has 0 aliphatic rings. The van der Waals surface area contributed by atoms with Crippen LogP contribution in [0.2, 0.25) is 0 Å². The van der Waals surface area contributed by atoms with E-state index in [0.29, 0.717) is 36.7 Å². The highest BCUT2D eigenvalue weighted by Gasteiger charge is 2.53. The average molecular weight is 674 g/mol. The van der Waals surface area contributed by atoms with Crippen molar-refractivity contribution >= 4 is 19.4 Å². The number of hydrogen-bond acceptors (Lipinski definition) is 8. The number of hydrogen-bond donors (Lipinski definition) is 2. The summed E-state index contributed by atoms with van der Waals surface area (Å²) in [6.45, 7) is 3.45. The second kappa shape index (κ2) is 26.7. The molecule has 0 saturated carbocycles. The minimum atomic E-state index is -5.20. The number of unbranched alkanes of at least 4 members (excludes halogenated alkanes) is 14. The molecule has 0 amide bonds. The Kier molecular flexibility index (Phi) is 26.0. The van der Waals surface area contributed by atoms with Crippen LogP contribution in [0.25, 0.3) is 0 Å². The van der Waals surface area contributed by atoms with Gasteiger partial charge in [-0.3, -0.25) is 18.7 Å². The van der Waals surface area contributed by atoms with Crippen LogP contribution in [0.1, 0.15) is 142 Å². The largest absolute Gasteiger partial charge is 0.756 e. The number of aliphatic hydroxyl groups is 2. The predicted octanol–water partition coefficient (Wildman–Crippen LogP) is 7.38. The Morgan fingerprint density at radius 2 is 1.13 bits per heavy atom. The number of rotatable bonds is 32. The van der Waals surface area contributed by atoms with E-state index in [1.165, 1.54) is 25.7 Å². The first kappa shape index (κ1) is 44.8. The summed E-state index contributed by atoms with van der Waals surface area (Å²) in [4.78, 5) is 40.2. The molecule has 2 N–H and O–H groups in total. The van der Waals surface area contributed by atoms with Crippen LogP contribution in [0.5, 0.6) is 0 Å². The van der Waals surface area contributed by atoms with Crippen LogP contribution in [0, 0.1) is 0 Å². The second-order valence-corrected chi connectivity index (χ2v) is 14.8. The maximum atomic E-state index is 13.6. The Morgan fingerprint density at radius 1 is 0.739 bits per heavy atom. The van der Waals surface area contributed by atoms with Crippen molar-refractivity contribution < 1.29 is 42.8 Å². The molecule has 46 heavy (non-hydrogen) atoms. The number of carbonyl (C=O) groups excluding carboxylic acids is 2. The summed E-state index contributed by atoms with van der Waals surface area (Å²) in [7, 11) is 0.391. The Hall–Kier alpha value is -1.19. The van der Waals surface area contributed by atoms with Gasteiger partial charge in [-0.1, -0.05) is 102 Å². The number of allylic oxidation sites excluding steroid dienone is 4. The molecular weight excluding hydrogens is 605 g/mol. The smallest absolute Gasteiger partial charge is 0.269 e. The molecule has 0 aliphatic carbocycles. The summed E-state index contributed by atoms with van der Waals surface area (Å²) in [5.74, 6) is -1.67.